The van der Waals surface area contributed by atoms with Gasteiger partial charge in [0.25, 0.3) is 0 Å². The van der Waals surface area contributed by atoms with Crippen molar-refractivity contribution in [2.24, 2.45) is 5.73 Å². The second-order valence-electron chi connectivity index (χ2n) is 4.66. The van der Waals surface area contributed by atoms with E-state index in [2.05, 4.69) is 15.2 Å². The topological polar surface area (TPSA) is 76.8 Å². The van der Waals surface area contributed by atoms with Crippen LogP contribution in [-0.4, -0.2) is 22.3 Å². The molecule has 0 bridgehead atoms. The number of aromatic amines is 1. The molecule has 0 amide bonds. The summed E-state index contributed by atoms with van der Waals surface area (Å²) in [6.45, 7) is 0. The monoisotopic (exact) mass is 280 g/mol. The van der Waals surface area contributed by atoms with Crippen LogP contribution >= 0.6 is 0 Å². The lowest BCUT2D eigenvalue weighted by atomic mass is 10.1. The zero-order chi connectivity index (χ0) is 14.7. The molecule has 21 heavy (non-hydrogen) atoms. The summed E-state index contributed by atoms with van der Waals surface area (Å²) in [6, 6.07) is 17.1. The molecular weight excluding hydrogens is 264 g/mol. The summed E-state index contributed by atoms with van der Waals surface area (Å²) >= 11 is 0. The van der Waals surface area contributed by atoms with E-state index >= 15 is 0 Å². The molecule has 5 heteroatoms. The van der Waals surface area contributed by atoms with Crippen LogP contribution in [0.15, 0.2) is 54.6 Å². The van der Waals surface area contributed by atoms with E-state index in [1.807, 2.05) is 54.6 Å². The first-order chi connectivity index (χ1) is 10.3. The lowest BCUT2D eigenvalue weighted by Gasteiger charge is -2.07. The molecule has 0 aliphatic rings. The molecule has 1 aromatic heterocycles. The Labute approximate surface area is 122 Å². The van der Waals surface area contributed by atoms with Crippen molar-refractivity contribution in [3.63, 3.8) is 0 Å². The number of nitrogens with one attached hydrogen (secondary N) is 1. The lowest BCUT2D eigenvalue weighted by molar-refractivity contribution is 0.415. The lowest BCUT2D eigenvalue weighted by Crippen LogP contribution is -2.13. The number of hydrogen-bond donors (Lipinski definition) is 2. The third kappa shape index (κ3) is 2.78. The minimum atomic E-state index is -0.321. The van der Waals surface area contributed by atoms with Crippen LogP contribution in [-0.2, 0) is 0 Å². The van der Waals surface area contributed by atoms with Crippen LogP contribution in [0.3, 0.4) is 0 Å². The SMILES string of the molecule is COc1cccc(-c2n[nH]c([C@@H](N)c3ccccc3)n2)c1. The van der Waals surface area contributed by atoms with Gasteiger partial charge in [0.2, 0.25) is 0 Å². The van der Waals surface area contributed by atoms with Crippen molar-refractivity contribution in [3.8, 4) is 17.1 Å². The number of methoxy groups -OCH3 is 1. The molecule has 0 saturated heterocycles. The summed E-state index contributed by atoms with van der Waals surface area (Å²) in [5.74, 6) is 2.01. The Hall–Kier alpha value is -2.66. The molecule has 3 rings (SSSR count). The molecular formula is C16H16N4O. The Bertz CT molecular complexity index is 724. The zero-order valence-corrected chi connectivity index (χ0v) is 11.7. The second kappa shape index (κ2) is 5.76. The quantitative estimate of drug-likeness (QED) is 0.770. The van der Waals surface area contributed by atoms with Crippen molar-refractivity contribution in [2.75, 3.05) is 7.11 Å². The Morgan fingerprint density at radius 2 is 1.90 bits per heavy atom. The number of nitrogens with zero attached hydrogens (tertiary/aromatic N) is 2. The van der Waals surface area contributed by atoms with E-state index in [0.717, 1.165) is 16.9 Å². The Balaban J connectivity index is 1.89. The summed E-state index contributed by atoms with van der Waals surface area (Å²) in [5.41, 5.74) is 8.08. The molecule has 0 saturated carbocycles. The average Bonchev–Trinajstić information content (AvgIpc) is 3.05. The number of H-pyrrole nitrogens is 1. The molecule has 0 spiro atoms. The molecule has 5 nitrogen and oxygen atoms in total. The van der Waals surface area contributed by atoms with E-state index in [1.54, 1.807) is 7.11 Å². The summed E-state index contributed by atoms with van der Waals surface area (Å²) in [6.07, 6.45) is 0. The van der Waals surface area contributed by atoms with Crippen LogP contribution in [0, 0.1) is 0 Å². The van der Waals surface area contributed by atoms with Gasteiger partial charge in [-0.3, -0.25) is 5.10 Å². The minimum absolute atomic E-state index is 0.321. The van der Waals surface area contributed by atoms with E-state index in [9.17, 15) is 0 Å². The van der Waals surface area contributed by atoms with E-state index in [4.69, 9.17) is 10.5 Å². The number of benzene rings is 2. The highest BCUT2D eigenvalue weighted by molar-refractivity contribution is 5.57. The van der Waals surface area contributed by atoms with Gasteiger partial charge in [0.1, 0.15) is 11.6 Å². The van der Waals surface area contributed by atoms with Crippen LogP contribution in [0.5, 0.6) is 5.75 Å². The van der Waals surface area contributed by atoms with Gasteiger partial charge in [-0.05, 0) is 17.7 Å². The minimum Gasteiger partial charge on any atom is -0.497 e. The van der Waals surface area contributed by atoms with Crippen LogP contribution < -0.4 is 10.5 Å². The van der Waals surface area contributed by atoms with Crippen molar-refractivity contribution >= 4 is 0 Å². The molecule has 1 heterocycles. The van der Waals surface area contributed by atoms with Gasteiger partial charge >= 0.3 is 0 Å². The van der Waals surface area contributed by atoms with Crippen LogP contribution in [0.4, 0.5) is 0 Å². The molecule has 0 unspecified atom stereocenters. The molecule has 0 fully saturated rings. The van der Waals surface area contributed by atoms with E-state index < -0.39 is 0 Å². The highest BCUT2D eigenvalue weighted by Gasteiger charge is 2.14. The maximum absolute atomic E-state index is 6.21. The van der Waals surface area contributed by atoms with E-state index in [0.29, 0.717) is 11.6 Å². The molecule has 3 N–H and O–H groups in total. The number of rotatable bonds is 4. The van der Waals surface area contributed by atoms with Gasteiger partial charge in [0, 0.05) is 5.56 Å². The maximum Gasteiger partial charge on any atom is 0.181 e. The van der Waals surface area contributed by atoms with Gasteiger partial charge in [-0.25, -0.2) is 4.98 Å². The van der Waals surface area contributed by atoms with Crippen LogP contribution in [0.25, 0.3) is 11.4 Å². The van der Waals surface area contributed by atoms with Gasteiger partial charge in [-0.1, -0.05) is 42.5 Å². The largest absolute Gasteiger partial charge is 0.497 e. The first-order valence-electron chi connectivity index (χ1n) is 6.65. The van der Waals surface area contributed by atoms with Crippen molar-refractivity contribution in [1.82, 2.24) is 15.2 Å². The number of nitrogens with two attached hydrogens (primary N) is 1. The molecule has 106 valence electrons. The first-order valence-corrected chi connectivity index (χ1v) is 6.65. The predicted molar refractivity (Wildman–Crippen MR) is 80.8 cm³/mol. The third-order valence-corrected chi connectivity index (χ3v) is 3.28. The van der Waals surface area contributed by atoms with Crippen molar-refractivity contribution in [3.05, 3.63) is 66.0 Å². The van der Waals surface area contributed by atoms with E-state index in [-0.39, 0.29) is 6.04 Å². The molecule has 2 aromatic carbocycles. The normalized spacial score (nSPS) is 12.1. The fraction of sp³-hybridized carbons (Fsp3) is 0.125. The van der Waals surface area contributed by atoms with Crippen LogP contribution in [0.1, 0.15) is 17.4 Å². The molecule has 3 aromatic rings. The van der Waals surface area contributed by atoms with Gasteiger partial charge in [0.15, 0.2) is 5.82 Å². The van der Waals surface area contributed by atoms with Crippen molar-refractivity contribution in [2.45, 2.75) is 6.04 Å². The maximum atomic E-state index is 6.21. The Kier molecular flexibility index (Phi) is 3.66. The van der Waals surface area contributed by atoms with Crippen LogP contribution in [0.2, 0.25) is 0 Å². The summed E-state index contributed by atoms with van der Waals surface area (Å²) < 4.78 is 5.21. The average molecular weight is 280 g/mol. The fourth-order valence-corrected chi connectivity index (χ4v) is 2.12. The Morgan fingerprint density at radius 1 is 1.10 bits per heavy atom. The number of aromatic nitrogens is 3. The predicted octanol–water partition coefficient (Wildman–Crippen LogP) is 2.53. The molecule has 0 aliphatic carbocycles. The number of ether oxygens (including phenoxy) is 1. The standard InChI is InChI=1S/C16H16N4O/c1-21-13-9-5-8-12(10-13)15-18-16(20-19-15)14(17)11-6-3-2-4-7-11/h2-10,14H,17H2,1H3,(H,18,19,20)/t14-/m0/s1. The zero-order valence-electron chi connectivity index (χ0n) is 11.7. The molecule has 1 atom stereocenters. The molecule has 0 radical (unpaired) electrons. The van der Waals surface area contributed by atoms with Crippen molar-refractivity contribution < 1.29 is 4.74 Å². The van der Waals surface area contributed by atoms with E-state index in [1.165, 1.54) is 0 Å². The fourth-order valence-electron chi connectivity index (χ4n) is 2.12. The smallest absolute Gasteiger partial charge is 0.181 e. The summed E-state index contributed by atoms with van der Waals surface area (Å²) in [4.78, 5) is 4.48. The van der Waals surface area contributed by atoms with Gasteiger partial charge in [-0.2, -0.15) is 5.10 Å². The first kappa shape index (κ1) is 13.3. The number of hydrogen-bond acceptors (Lipinski definition) is 4. The van der Waals surface area contributed by atoms with Gasteiger partial charge in [0.05, 0.1) is 13.2 Å². The summed E-state index contributed by atoms with van der Waals surface area (Å²) in [5, 5.41) is 7.15. The highest BCUT2D eigenvalue weighted by Crippen LogP contribution is 2.22. The highest BCUT2D eigenvalue weighted by atomic mass is 16.5. The third-order valence-electron chi connectivity index (χ3n) is 3.28. The van der Waals surface area contributed by atoms with Gasteiger partial charge < -0.3 is 10.5 Å². The van der Waals surface area contributed by atoms with Gasteiger partial charge in [-0.15, -0.1) is 0 Å². The summed E-state index contributed by atoms with van der Waals surface area (Å²) in [7, 11) is 1.63. The Morgan fingerprint density at radius 3 is 2.67 bits per heavy atom. The second-order valence-corrected chi connectivity index (χ2v) is 4.66. The van der Waals surface area contributed by atoms with Crippen molar-refractivity contribution in [1.29, 1.82) is 0 Å². The molecule has 0 aliphatic heterocycles.